The molecule has 0 aromatic heterocycles. The van der Waals surface area contributed by atoms with E-state index in [1.54, 1.807) is 0 Å². The van der Waals surface area contributed by atoms with Gasteiger partial charge in [0.2, 0.25) is 0 Å². The number of aryl methyl sites for hydroxylation is 1. The van der Waals surface area contributed by atoms with E-state index in [-0.39, 0.29) is 11.7 Å². The van der Waals surface area contributed by atoms with Gasteiger partial charge in [0, 0.05) is 32.8 Å². The number of hydrogen-bond donors (Lipinski definition) is 0. The van der Waals surface area contributed by atoms with Crippen LogP contribution in [-0.2, 0) is 0 Å². The van der Waals surface area contributed by atoms with Crippen LogP contribution in [0.25, 0.3) is 0 Å². The van der Waals surface area contributed by atoms with Crippen LogP contribution in [0.3, 0.4) is 0 Å². The van der Waals surface area contributed by atoms with E-state index >= 15 is 0 Å². The maximum Gasteiger partial charge on any atom is 0.191 e. The van der Waals surface area contributed by atoms with Crippen LogP contribution in [0.15, 0.2) is 64.4 Å². The first kappa shape index (κ1) is 16.4. The molecule has 1 nitrogen and oxygen atoms in total. The lowest BCUT2D eigenvalue weighted by molar-refractivity contribution is 0.102. The number of ketones is 1. The SMILES string of the molecule is Cc1ccc(C(C)C(C(=O)c2ccccc2)=C2SCCS2)cc1. The van der Waals surface area contributed by atoms with Crippen LogP contribution in [-0.4, -0.2) is 17.3 Å². The number of Topliss-reactive ketones (excluding diaryl/α,β-unsaturated/α-hetero) is 1. The number of allylic oxidation sites excluding steroid dienone is 1. The van der Waals surface area contributed by atoms with E-state index in [0.717, 1.165) is 22.6 Å². The third kappa shape index (κ3) is 3.73. The minimum atomic E-state index is 0.108. The molecular formula is C20H20OS2. The van der Waals surface area contributed by atoms with Crippen molar-refractivity contribution < 1.29 is 4.79 Å². The summed E-state index contributed by atoms with van der Waals surface area (Å²) in [5, 5.41) is 0. The van der Waals surface area contributed by atoms with Gasteiger partial charge in [-0.15, -0.1) is 23.5 Å². The van der Waals surface area contributed by atoms with Gasteiger partial charge in [-0.3, -0.25) is 4.79 Å². The molecular weight excluding hydrogens is 320 g/mol. The van der Waals surface area contributed by atoms with Gasteiger partial charge in [0.05, 0.1) is 0 Å². The molecule has 0 aliphatic carbocycles. The zero-order valence-electron chi connectivity index (χ0n) is 13.4. The lowest BCUT2D eigenvalue weighted by Crippen LogP contribution is -2.11. The quantitative estimate of drug-likeness (QED) is 0.527. The zero-order valence-corrected chi connectivity index (χ0v) is 15.0. The highest BCUT2D eigenvalue weighted by Gasteiger charge is 2.26. The van der Waals surface area contributed by atoms with Crippen LogP contribution in [0.2, 0.25) is 0 Å². The van der Waals surface area contributed by atoms with Crippen LogP contribution >= 0.6 is 23.5 Å². The molecule has 0 N–H and O–H groups in total. The maximum absolute atomic E-state index is 13.1. The summed E-state index contributed by atoms with van der Waals surface area (Å²) in [4.78, 5) is 13.1. The number of benzene rings is 2. The second kappa shape index (κ2) is 7.41. The summed E-state index contributed by atoms with van der Waals surface area (Å²) in [5.41, 5.74) is 4.18. The molecule has 0 radical (unpaired) electrons. The Morgan fingerprint density at radius 3 is 2.17 bits per heavy atom. The lowest BCUT2D eigenvalue weighted by atomic mass is 9.88. The Bertz CT molecular complexity index is 709. The minimum absolute atomic E-state index is 0.108. The fourth-order valence-corrected chi connectivity index (χ4v) is 5.42. The first-order valence-corrected chi connectivity index (χ1v) is 9.80. The number of carbonyl (C=O) groups is 1. The standard InChI is InChI=1S/C20H20OS2/c1-14-8-10-16(11-9-14)15(2)18(20-22-12-13-23-20)19(21)17-6-4-3-5-7-17/h3-11,15H,12-13H2,1-2H3. The summed E-state index contributed by atoms with van der Waals surface area (Å²) in [6, 6.07) is 18.2. The van der Waals surface area contributed by atoms with Crippen molar-refractivity contribution in [3.63, 3.8) is 0 Å². The van der Waals surface area contributed by atoms with Crippen LogP contribution in [0.1, 0.15) is 34.3 Å². The van der Waals surface area contributed by atoms with Gasteiger partial charge in [0.15, 0.2) is 5.78 Å². The highest BCUT2D eigenvalue weighted by molar-refractivity contribution is 8.25. The highest BCUT2D eigenvalue weighted by Crippen LogP contribution is 2.43. The molecule has 118 valence electrons. The van der Waals surface area contributed by atoms with E-state index in [1.807, 2.05) is 53.9 Å². The number of rotatable bonds is 4. The number of thioether (sulfide) groups is 2. The van der Waals surface area contributed by atoms with Gasteiger partial charge < -0.3 is 0 Å². The third-order valence-corrected chi connectivity index (χ3v) is 6.81. The van der Waals surface area contributed by atoms with Crippen molar-refractivity contribution in [2.45, 2.75) is 19.8 Å². The summed E-state index contributed by atoms with van der Waals surface area (Å²) in [6.45, 7) is 4.24. The Kier molecular flexibility index (Phi) is 5.29. The van der Waals surface area contributed by atoms with Gasteiger partial charge in [-0.1, -0.05) is 67.1 Å². The van der Waals surface area contributed by atoms with Crippen molar-refractivity contribution in [3.8, 4) is 0 Å². The second-order valence-electron chi connectivity index (χ2n) is 5.73. The molecule has 23 heavy (non-hydrogen) atoms. The predicted octanol–water partition coefficient (Wildman–Crippen LogP) is 5.67. The van der Waals surface area contributed by atoms with Crippen LogP contribution in [0.4, 0.5) is 0 Å². The fourth-order valence-electron chi connectivity index (χ4n) is 2.70. The normalized spacial score (nSPS) is 15.5. The molecule has 1 heterocycles. The minimum Gasteiger partial charge on any atom is -0.289 e. The van der Waals surface area contributed by atoms with Crippen molar-refractivity contribution in [3.05, 3.63) is 81.1 Å². The largest absolute Gasteiger partial charge is 0.289 e. The molecule has 1 aliphatic heterocycles. The predicted molar refractivity (Wildman–Crippen MR) is 102 cm³/mol. The van der Waals surface area contributed by atoms with Gasteiger partial charge >= 0.3 is 0 Å². The van der Waals surface area contributed by atoms with E-state index in [9.17, 15) is 4.79 Å². The summed E-state index contributed by atoms with van der Waals surface area (Å²) in [7, 11) is 0. The Hall–Kier alpha value is -1.45. The van der Waals surface area contributed by atoms with Gasteiger partial charge in [-0.25, -0.2) is 0 Å². The van der Waals surface area contributed by atoms with E-state index in [0.29, 0.717) is 0 Å². The summed E-state index contributed by atoms with van der Waals surface area (Å²) >= 11 is 3.64. The van der Waals surface area contributed by atoms with Crippen LogP contribution < -0.4 is 0 Å². The van der Waals surface area contributed by atoms with E-state index in [1.165, 1.54) is 15.4 Å². The highest BCUT2D eigenvalue weighted by atomic mass is 32.2. The maximum atomic E-state index is 13.1. The van der Waals surface area contributed by atoms with Crippen molar-refractivity contribution in [1.29, 1.82) is 0 Å². The first-order valence-electron chi connectivity index (χ1n) is 7.83. The molecule has 1 saturated heterocycles. The van der Waals surface area contributed by atoms with Crippen molar-refractivity contribution in [1.82, 2.24) is 0 Å². The third-order valence-electron chi connectivity index (χ3n) is 4.06. The monoisotopic (exact) mass is 340 g/mol. The van der Waals surface area contributed by atoms with E-state index < -0.39 is 0 Å². The molecule has 0 spiro atoms. The van der Waals surface area contributed by atoms with Crippen LogP contribution in [0.5, 0.6) is 0 Å². The van der Waals surface area contributed by atoms with Crippen molar-refractivity contribution >= 4 is 29.3 Å². The summed E-state index contributed by atoms with van der Waals surface area (Å²) in [5.74, 6) is 2.45. The number of carbonyl (C=O) groups excluding carboxylic acids is 1. The van der Waals surface area contributed by atoms with E-state index in [4.69, 9.17) is 0 Å². The molecule has 3 rings (SSSR count). The molecule has 0 saturated carbocycles. The molecule has 0 bridgehead atoms. The van der Waals surface area contributed by atoms with Crippen LogP contribution in [0, 0.1) is 6.92 Å². The van der Waals surface area contributed by atoms with Gasteiger partial charge in [-0.05, 0) is 12.5 Å². The average molecular weight is 341 g/mol. The Morgan fingerprint density at radius 2 is 1.57 bits per heavy atom. The molecule has 1 fully saturated rings. The first-order chi connectivity index (χ1) is 11.2. The summed E-state index contributed by atoms with van der Waals surface area (Å²) in [6.07, 6.45) is 0. The van der Waals surface area contributed by atoms with Gasteiger partial charge in [0.25, 0.3) is 0 Å². The van der Waals surface area contributed by atoms with Gasteiger partial charge in [0.1, 0.15) is 0 Å². The molecule has 1 atom stereocenters. The molecule has 1 aliphatic rings. The Balaban J connectivity index is 2.01. The fraction of sp³-hybridized carbons (Fsp3) is 0.250. The van der Waals surface area contributed by atoms with Gasteiger partial charge in [-0.2, -0.15) is 0 Å². The summed E-state index contributed by atoms with van der Waals surface area (Å²) < 4.78 is 1.20. The molecule has 3 heteroatoms. The zero-order chi connectivity index (χ0) is 16.2. The second-order valence-corrected chi connectivity index (χ2v) is 8.19. The van der Waals surface area contributed by atoms with E-state index in [2.05, 4.69) is 38.1 Å². The lowest BCUT2D eigenvalue weighted by Gasteiger charge is -2.18. The molecule has 0 amide bonds. The van der Waals surface area contributed by atoms with Crippen molar-refractivity contribution in [2.24, 2.45) is 0 Å². The topological polar surface area (TPSA) is 17.1 Å². The molecule has 1 unspecified atom stereocenters. The number of hydrogen-bond acceptors (Lipinski definition) is 3. The Morgan fingerprint density at radius 1 is 0.957 bits per heavy atom. The molecule has 2 aromatic carbocycles. The average Bonchev–Trinajstić information content (AvgIpc) is 3.10. The Labute approximate surface area is 146 Å². The molecule has 2 aromatic rings. The smallest absolute Gasteiger partial charge is 0.191 e. The van der Waals surface area contributed by atoms with Crippen molar-refractivity contribution in [2.75, 3.05) is 11.5 Å².